The normalized spacial score (nSPS) is 10.3. The van der Waals surface area contributed by atoms with Gasteiger partial charge in [-0.15, -0.1) is 0 Å². The Labute approximate surface area is 121 Å². The molecule has 2 rings (SSSR count). The summed E-state index contributed by atoms with van der Waals surface area (Å²) in [6, 6.07) is 10.2. The first-order valence-corrected chi connectivity index (χ1v) is 6.48. The molecule has 5 nitrogen and oxygen atoms in total. The highest BCUT2D eigenvalue weighted by Gasteiger charge is 2.22. The molecule has 0 aromatic heterocycles. The predicted octanol–water partition coefficient (Wildman–Crippen LogP) is 2.25. The second-order valence-electron chi connectivity index (χ2n) is 4.46. The van der Waals surface area contributed by atoms with E-state index >= 15 is 0 Å². The quantitative estimate of drug-likeness (QED) is 0.394. The van der Waals surface area contributed by atoms with Gasteiger partial charge in [0.05, 0.1) is 18.6 Å². The molecule has 0 saturated carbocycles. The third kappa shape index (κ3) is 3.25. The van der Waals surface area contributed by atoms with Gasteiger partial charge in [0, 0.05) is 0 Å². The minimum Gasteiger partial charge on any atom is -0.507 e. The van der Waals surface area contributed by atoms with Crippen molar-refractivity contribution < 1.29 is 24.2 Å². The lowest BCUT2D eigenvalue weighted by Gasteiger charge is -2.06. The number of fused-ring (bicyclic) bond motifs is 1. The molecule has 0 aliphatic heterocycles. The molecular weight excluding hydrogens is 272 g/mol. The number of carbonyl (C=O) groups excluding carboxylic acids is 3. The zero-order valence-corrected chi connectivity index (χ0v) is 11.5. The number of Topliss-reactive ketones (excluding diaryl/α,β-unsaturated/α-hetero) is 2. The topological polar surface area (TPSA) is 80.7 Å². The summed E-state index contributed by atoms with van der Waals surface area (Å²) in [5, 5.41) is 11.4. The molecule has 21 heavy (non-hydrogen) atoms. The highest BCUT2D eigenvalue weighted by atomic mass is 16.5. The number of carbonyl (C=O) groups is 3. The molecule has 0 fully saturated rings. The first kappa shape index (κ1) is 14.7. The van der Waals surface area contributed by atoms with Gasteiger partial charge in [-0.05, 0) is 29.8 Å². The SMILES string of the molecule is CCOC(=O)C(=O)CC(=O)c1cc2ccccc2cc1O. The minimum atomic E-state index is -1.04. The van der Waals surface area contributed by atoms with E-state index in [4.69, 9.17) is 0 Å². The number of aromatic hydroxyl groups is 1. The summed E-state index contributed by atoms with van der Waals surface area (Å²) in [6.45, 7) is 1.64. The van der Waals surface area contributed by atoms with Crippen LogP contribution in [-0.4, -0.2) is 29.2 Å². The third-order valence-corrected chi connectivity index (χ3v) is 2.99. The van der Waals surface area contributed by atoms with Gasteiger partial charge >= 0.3 is 5.97 Å². The van der Waals surface area contributed by atoms with E-state index in [1.54, 1.807) is 25.1 Å². The van der Waals surface area contributed by atoms with E-state index in [2.05, 4.69) is 4.74 Å². The minimum absolute atomic E-state index is 0.0198. The molecule has 0 heterocycles. The Kier molecular flexibility index (Phi) is 4.33. The summed E-state index contributed by atoms with van der Waals surface area (Å²) in [7, 11) is 0. The van der Waals surface area contributed by atoms with E-state index in [0.29, 0.717) is 0 Å². The van der Waals surface area contributed by atoms with Crippen LogP contribution in [0.1, 0.15) is 23.7 Å². The fourth-order valence-corrected chi connectivity index (χ4v) is 1.98. The number of esters is 1. The van der Waals surface area contributed by atoms with Crippen molar-refractivity contribution in [1.29, 1.82) is 0 Å². The molecule has 0 saturated heterocycles. The molecule has 1 N–H and O–H groups in total. The van der Waals surface area contributed by atoms with E-state index in [0.717, 1.165) is 10.8 Å². The van der Waals surface area contributed by atoms with Crippen molar-refractivity contribution in [2.24, 2.45) is 0 Å². The maximum absolute atomic E-state index is 12.0. The van der Waals surface area contributed by atoms with Crippen LogP contribution >= 0.6 is 0 Å². The number of hydrogen-bond acceptors (Lipinski definition) is 5. The van der Waals surface area contributed by atoms with Crippen molar-refractivity contribution in [1.82, 2.24) is 0 Å². The van der Waals surface area contributed by atoms with Crippen LogP contribution in [0.3, 0.4) is 0 Å². The molecular formula is C16H14O5. The summed E-state index contributed by atoms with van der Waals surface area (Å²) in [5.41, 5.74) is 0.0198. The molecule has 0 atom stereocenters. The first-order chi connectivity index (χ1) is 10.0. The Balaban J connectivity index is 2.25. The van der Waals surface area contributed by atoms with E-state index in [9.17, 15) is 19.5 Å². The van der Waals surface area contributed by atoms with Gasteiger partial charge in [-0.3, -0.25) is 9.59 Å². The number of ketones is 2. The molecule has 0 amide bonds. The fraction of sp³-hybridized carbons (Fsp3) is 0.188. The standard InChI is InChI=1S/C16H14O5/c1-2-21-16(20)15(19)9-14(18)12-7-10-5-3-4-6-11(10)8-13(12)17/h3-8,17H,2,9H2,1H3. The number of phenols is 1. The average Bonchev–Trinajstić information content (AvgIpc) is 2.46. The lowest BCUT2D eigenvalue weighted by molar-refractivity contribution is -0.153. The third-order valence-electron chi connectivity index (χ3n) is 2.99. The molecule has 0 unspecified atom stereocenters. The van der Waals surface area contributed by atoms with Gasteiger partial charge < -0.3 is 9.84 Å². The molecule has 5 heteroatoms. The summed E-state index contributed by atoms with van der Waals surface area (Å²) in [5.74, 6) is -2.78. The molecule has 108 valence electrons. The van der Waals surface area contributed by atoms with Crippen LogP contribution < -0.4 is 0 Å². The largest absolute Gasteiger partial charge is 0.507 e. The van der Waals surface area contributed by atoms with Crippen LogP contribution in [0, 0.1) is 0 Å². The maximum atomic E-state index is 12.0. The summed E-state index contributed by atoms with van der Waals surface area (Å²) in [6.07, 6.45) is -0.620. The smallest absolute Gasteiger partial charge is 0.375 e. The van der Waals surface area contributed by atoms with Crippen molar-refractivity contribution >= 4 is 28.3 Å². The average molecular weight is 286 g/mol. The summed E-state index contributed by atoms with van der Waals surface area (Å²) in [4.78, 5) is 34.8. The number of rotatable bonds is 5. The molecule has 0 radical (unpaired) electrons. The van der Waals surface area contributed by atoms with Gasteiger partial charge in [0.25, 0.3) is 0 Å². The van der Waals surface area contributed by atoms with E-state index in [1.807, 2.05) is 6.07 Å². The Hall–Kier alpha value is -2.69. The Bertz CT molecular complexity index is 718. The first-order valence-electron chi connectivity index (χ1n) is 6.48. The number of phenolic OH excluding ortho intramolecular Hbond substituents is 1. The molecule has 2 aromatic carbocycles. The molecule has 0 bridgehead atoms. The Morgan fingerprint density at radius 2 is 1.71 bits per heavy atom. The molecule has 0 spiro atoms. The Morgan fingerprint density at radius 1 is 1.10 bits per heavy atom. The van der Waals surface area contributed by atoms with Crippen LogP contribution in [-0.2, 0) is 14.3 Å². The van der Waals surface area contributed by atoms with Crippen LogP contribution in [0.25, 0.3) is 10.8 Å². The second kappa shape index (κ2) is 6.17. The monoisotopic (exact) mass is 286 g/mol. The van der Waals surface area contributed by atoms with Crippen LogP contribution in [0.4, 0.5) is 0 Å². The van der Waals surface area contributed by atoms with Gasteiger partial charge in [0.15, 0.2) is 5.78 Å². The van der Waals surface area contributed by atoms with Crippen LogP contribution in [0.2, 0.25) is 0 Å². The van der Waals surface area contributed by atoms with E-state index in [1.165, 1.54) is 12.1 Å². The van der Waals surface area contributed by atoms with Gasteiger partial charge in [-0.2, -0.15) is 0 Å². The van der Waals surface area contributed by atoms with Crippen molar-refractivity contribution in [2.45, 2.75) is 13.3 Å². The zero-order chi connectivity index (χ0) is 15.4. The zero-order valence-electron chi connectivity index (χ0n) is 11.5. The maximum Gasteiger partial charge on any atom is 0.375 e. The Morgan fingerprint density at radius 3 is 2.33 bits per heavy atom. The lowest BCUT2D eigenvalue weighted by Crippen LogP contribution is -2.20. The van der Waals surface area contributed by atoms with E-state index in [-0.39, 0.29) is 17.9 Å². The van der Waals surface area contributed by atoms with Gasteiger partial charge in [0.1, 0.15) is 5.75 Å². The number of ether oxygens (including phenoxy) is 1. The summed E-state index contributed by atoms with van der Waals surface area (Å²) >= 11 is 0. The fourth-order valence-electron chi connectivity index (χ4n) is 1.98. The highest BCUT2D eigenvalue weighted by Crippen LogP contribution is 2.26. The van der Waals surface area contributed by atoms with Gasteiger partial charge in [0.2, 0.25) is 5.78 Å². The molecule has 0 aliphatic carbocycles. The van der Waals surface area contributed by atoms with Gasteiger partial charge in [-0.1, -0.05) is 24.3 Å². The van der Waals surface area contributed by atoms with Crippen molar-refractivity contribution in [2.75, 3.05) is 6.61 Å². The van der Waals surface area contributed by atoms with Crippen molar-refractivity contribution in [3.8, 4) is 5.75 Å². The number of benzene rings is 2. The van der Waals surface area contributed by atoms with Crippen molar-refractivity contribution in [3.63, 3.8) is 0 Å². The number of hydrogen-bond donors (Lipinski definition) is 1. The highest BCUT2D eigenvalue weighted by molar-refractivity contribution is 6.38. The molecule has 0 aliphatic rings. The summed E-state index contributed by atoms with van der Waals surface area (Å²) < 4.78 is 4.54. The molecule has 2 aromatic rings. The van der Waals surface area contributed by atoms with Gasteiger partial charge in [-0.25, -0.2) is 4.79 Å². The predicted molar refractivity (Wildman–Crippen MR) is 76.2 cm³/mol. The van der Waals surface area contributed by atoms with Crippen molar-refractivity contribution in [3.05, 3.63) is 42.0 Å². The van der Waals surface area contributed by atoms with Crippen LogP contribution in [0.15, 0.2) is 36.4 Å². The van der Waals surface area contributed by atoms with E-state index < -0.39 is 24.0 Å². The van der Waals surface area contributed by atoms with Crippen LogP contribution in [0.5, 0.6) is 5.75 Å². The second-order valence-corrected chi connectivity index (χ2v) is 4.46. The lowest BCUT2D eigenvalue weighted by atomic mass is 10.0.